The van der Waals surface area contributed by atoms with Crippen molar-refractivity contribution >= 4 is 20.6 Å². The summed E-state index contributed by atoms with van der Waals surface area (Å²) in [5.74, 6) is 0.0308. The van der Waals surface area contributed by atoms with Crippen LogP contribution in [-0.4, -0.2) is 18.6 Å². The van der Waals surface area contributed by atoms with Crippen LogP contribution in [0.4, 0.5) is 0 Å². The van der Waals surface area contributed by atoms with Crippen LogP contribution >= 0.6 is 0 Å². The van der Waals surface area contributed by atoms with Crippen molar-refractivity contribution in [2.45, 2.75) is 24.7 Å². The summed E-state index contributed by atoms with van der Waals surface area (Å²) in [7, 11) is -3.18. The van der Waals surface area contributed by atoms with Gasteiger partial charge in [0.15, 0.2) is 9.84 Å². The number of aliphatic hydroxyl groups is 2. The highest BCUT2D eigenvalue weighted by atomic mass is 32.2. The Morgan fingerprint density at radius 2 is 1.56 bits per heavy atom. The van der Waals surface area contributed by atoms with E-state index in [1.54, 1.807) is 0 Å². The summed E-state index contributed by atoms with van der Waals surface area (Å²) in [4.78, 5) is 0. The van der Waals surface area contributed by atoms with Gasteiger partial charge in [0.25, 0.3) is 0 Å². The lowest BCUT2D eigenvalue weighted by Crippen LogP contribution is -1.98. The predicted molar refractivity (Wildman–Crippen MR) is 97.6 cm³/mol. The molecule has 0 saturated heterocycles. The van der Waals surface area contributed by atoms with Crippen LogP contribution in [0.5, 0.6) is 0 Å². The van der Waals surface area contributed by atoms with Gasteiger partial charge in [-0.3, -0.25) is 0 Å². The third kappa shape index (κ3) is 2.65. The lowest BCUT2D eigenvalue weighted by atomic mass is 9.87. The average molecular weight is 354 g/mol. The summed E-state index contributed by atoms with van der Waals surface area (Å²) in [6.45, 7) is -0.224. The normalized spacial score (nSPS) is 15.4. The van der Waals surface area contributed by atoms with E-state index in [0.29, 0.717) is 0 Å². The van der Waals surface area contributed by atoms with Gasteiger partial charge in [-0.2, -0.15) is 0 Å². The Balaban J connectivity index is 2.16. The highest BCUT2D eigenvalue weighted by Gasteiger charge is 2.29. The Morgan fingerprint density at radius 3 is 2.32 bits per heavy atom. The van der Waals surface area contributed by atoms with Crippen molar-refractivity contribution in [2.24, 2.45) is 0 Å². The van der Waals surface area contributed by atoms with Gasteiger partial charge >= 0.3 is 0 Å². The number of sulfone groups is 1. The molecule has 2 N–H and O–H groups in total. The van der Waals surface area contributed by atoms with Crippen LogP contribution in [0.2, 0.25) is 0 Å². The molecule has 4 nitrogen and oxygen atoms in total. The molecular formula is C20H18O4S. The molecule has 0 amide bonds. The first-order valence-corrected chi connectivity index (χ1v) is 9.93. The van der Waals surface area contributed by atoms with Crippen molar-refractivity contribution < 1.29 is 18.6 Å². The monoisotopic (exact) mass is 354 g/mol. The molecular weight excluding hydrogens is 336 g/mol. The van der Waals surface area contributed by atoms with E-state index in [2.05, 4.69) is 0 Å². The standard InChI is InChI=1S/C20H18O4S/c21-9-13-4-1-2-6-16(13)20-17-7-3-5-14(10-22)18(17)8-15-11-25(23,24)12-19(15)20/h1-8,21-22H,9-12H2. The maximum atomic E-state index is 12.3. The van der Waals surface area contributed by atoms with Crippen LogP contribution in [0.25, 0.3) is 21.9 Å². The topological polar surface area (TPSA) is 74.6 Å². The van der Waals surface area contributed by atoms with Gasteiger partial charge in [-0.05, 0) is 50.2 Å². The molecule has 4 rings (SSSR count). The Labute approximate surface area is 146 Å². The van der Waals surface area contributed by atoms with Crippen molar-refractivity contribution in [3.8, 4) is 11.1 Å². The van der Waals surface area contributed by atoms with Gasteiger partial charge in [-0.15, -0.1) is 0 Å². The van der Waals surface area contributed by atoms with Gasteiger partial charge in [0.05, 0.1) is 24.7 Å². The second-order valence-electron chi connectivity index (χ2n) is 6.41. The number of rotatable bonds is 3. The van der Waals surface area contributed by atoms with E-state index in [4.69, 9.17) is 0 Å². The zero-order chi connectivity index (χ0) is 17.6. The highest BCUT2D eigenvalue weighted by molar-refractivity contribution is 7.90. The third-order valence-corrected chi connectivity index (χ3v) is 6.32. The Morgan fingerprint density at radius 1 is 0.840 bits per heavy atom. The van der Waals surface area contributed by atoms with E-state index in [1.807, 2.05) is 48.5 Å². The molecule has 3 aromatic rings. The molecule has 1 aliphatic rings. The molecule has 0 spiro atoms. The largest absolute Gasteiger partial charge is 0.392 e. The molecule has 0 atom stereocenters. The van der Waals surface area contributed by atoms with Gasteiger partial charge in [-0.1, -0.05) is 42.5 Å². The first-order chi connectivity index (χ1) is 12.0. The molecule has 0 saturated carbocycles. The number of benzene rings is 3. The minimum atomic E-state index is -3.18. The van der Waals surface area contributed by atoms with Crippen LogP contribution in [0, 0.1) is 0 Å². The van der Waals surface area contributed by atoms with Crippen LogP contribution in [0.15, 0.2) is 48.5 Å². The molecule has 0 aromatic heterocycles. The van der Waals surface area contributed by atoms with Crippen molar-refractivity contribution in [1.29, 1.82) is 0 Å². The minimum absolute atomic E-state index is 0.0106. The molecule has 0 radical (unpaired) electrons. The second-order valence-corrected chi connectivity index (χ2v) is 8.47. The maximum Gasteiger partial charge on any atom is 0.158 e. The fourth-order valence-corrected chi connectivity index (χ4v) is 5.34. The summed E-state index contributed by atoms with van der Waals surface area (Å²) < 4.78 is 24.5. The van der Waals surface area contributed by atoms with E-state index < -0.39 is 9.84 Å². The Hall–Kier alpha value is -2.21. The highest BCUT2D eigenvalue weighted by Crippen LogP contribution is 2.42. The number of fused-ring (bicyclic) bond motifs is 2. The van der Waals surface area contributed by atoms with Crippen molar-refractivity contribution in [1.82, 2.24) is 0 Å². The van der Waals surface area contributed by atoms with Gasteiger partial charge in [0, 0.05) is 0 Å². The molecule has 3 aromatic carbocycles. The second kappa shape index (κ2) is 5.95. The molecule has 0 aliphatic carbocycles. The summed E-state index contributed by atoms with van der Waals surface area (Å²) in [6.07, 6.45) is 0. The maximum absolute atomic E-state index is 12.3. The summed E-state index contributed by atoms with van der Waals surface area (Å²) in [6, 6.07) is 15.1. The van der Waals surface area contributed by atoms with Crippen LogP contribution in [-0.2, 0) is 34.6 Å². The summed E-state index contributed by atoms with van der Waals surface area (Å²) >= 11 is 0. The zero-order valence-corrected chi connectivity index (χ0v) is 14.4. The van der Waals surface area contributed by atoms with E-state index in [-0.39, 0.29) is 24.7 Å². The van der Waals surface area contributed by atoms with Gasteiger partial charge < -0.3 is 10.2 Å². The van der Waals surface area contributed by atoms with E-state index in [0.717, 1.165) is 44.2 Å². The van der Waals surface area contributed by atoms with E-state index >= 15 is 0 Å². The lowest BCUT2D eigenvalue weighted by molar-refractivity contribution is 0.282. The third-order valence-electron chi connectivity index (χ3n) is 4.84. The average Bonchev–Trinajstić information content (AvgIpc) is 2.92. The zero-order valence-electron chi connectivity index (χ0n) is 13.6. The van der Waals surface area contributed by atoms with Crippen LogP contribution in [0.1, 0.15) is 22.3 Å². The number of hydrogen-bond donors (Lipinski definition) is 2. The molecule has 128 valence electrons. The van der Waals surface area contributed by atoms with Gasteiger partial charge in [0.1, 0.15) is 0 Å². The molecule has 0 fully saturated rings. The molecule has 1 aliphatic heterocycles. The fourth-order valence-electron chi connectivity index (χ4n) is 3.74. The minimum Gasteiger partial charge on any atom is -0.392 e. The van der Waals surface area contributed by atoms with E-state index in [9.17, 15) is 18.6 Å². The SMILES string of the molecule is O=S1(=O)Cc2cc3c(CO)cccc3c(-c3ccccc3CO)c2C1. The first-order valence-electron chi connectivity index (χ1n) is 8.11. The Bertz CT molecular complexity index is 1080. The number of hydrogen-bond acceptors (Lipinski definition) is 4. The van der Waals surface area contributed by atoms with Gasteiger partial charge in [0.2, 0.25) is 0 Å². The van der Waals surface area contributed by atoms with Crippen molar-refractivity contribution in [3.05, 3.63) is 70.8 Å². The smallest absolute Gasteiger partial charge is 0.158 e. The van der Waals surface area contributed by atoms with Crippen molar-refractivity contribution in [2.75, 3.05) is 0 Å². The molecule has 0 unspecified atom stereocenters. The lowest BCUT2D eigenvalue weighted by Gasteiger charge is -2.17. The molecule has 25 heavy (non-hydrogen) atoms. The predicted octanol–water partition coefficient (Wildman–Crippen LogP) is 2.92. The molecule has 1 heterocycles. The molecule has 5 heteroatoms. The van der Waals surface area contributed by atoms with Crippen LogP contribution < -0.4 is 0 Å². The van der Waals surface area contributed by atoms with E-state index in [1.165, 1.54) is 0 Å². The number of aliphatic hydroxyl groups excluding tert-OH is 2. The fraction of sp³-hybridized carbons (Fsp3) is 0.200. The van der Waals surface area contributed by atoms with Crippen LogP contribution in [0.3, 0.4) is 0 Å². The quantitative estimate of drug-likeness (QED) is 0.758. The summed E-state index contributed by atoms with van der Waals surface area (Å²) in [5, 5.41) is 21.2. The molecule has 0 bridgehead atoms. The van der Waals surface area contributed by atoms with Gasteiger partial charge in [-0.25, -0.2) is 8.42 Å². The first kappa shape index (κ1) is 16.3. The van der Waals surface area contributed by atoms with Crippen molar-refractivity contribution in [3.63, 3.8) is 0 Å². The summed E-state index contributed by atoms with van der Waals surface area (Å²) in [5.41, 5.74) is 4.83. The Kier molecular flexibility index (Phi) is 3.87.